The molecule has 0 saturated carbocycles. The standard InChI is InChI=1S/C21H22ClFN2O/c1-4-18-21-15(9-10-24(18)2)16-11-13(22)5-7-19(16)25(21)14-6-8-20(26-3)17(23)12-14/h5-8,11-12,18H,4,9-10H2,1-3H3. The molecule has 5 heteroatoms. The van der Waals surface area contributed by atoms with E-state index in [1.54, 1.807) is 12.1 Å². The number of ether oxygens (including phenoxy) is 1. The van der Waals surface area contributed by atoms with Crippen LogP contribution in [0, 0.1) is 5.82 Å². The summed E-state index contributed by atoms with van der Waals surface area (Å²) >= 11 is 6.28. The molecule has 0 spiro atoms. The van der Waals surface area contributed by atoms with Gasteiger partial charge in [0.1, 0.15) is 0 Å². The normalized spacial score (nSPS) is 17.5. The lowest BCUT2D eigenvalue weighted by molar-refractivity contribution is 0.219. The van der Waals surface area contributed by atoms with E-state index in [4.69, 9.17) is 16.3 Å². The predicted octanol–water partition coefficient (Wildman–Crippen LogP) is 5.37. The molecule has 2 aromatic carbocycles. The molecule has 136 valence electrons. The molecule has 0 bridgehead atoms. The lowest BCUT2D eigenvalue weighted by Gasteiger charge is -2.33. The number of hydrogen-bond donors (Lipinski definition) is 0. The molecule has 2 heterocycles. The average Bonchev–Trinajstić information content (AvgIpc) is 2.95. The monoisotopic (exact) mass is 372 g/mol. The Kier molecular flexibility index (Phi) is 4.41. The van der Waals surface area contributed by atoms with Gasteiger partial charge in [0, 0.05) is 34.4 Å². The van der Waals surface area contributed by atoms with Crippen LogP contribution in [0.15, 0.2) is 36.4 Å². The number of nitrogens with zero attached hydrogens (tertiary/aromatic N) is 2. The molecule has 1 aliphatic rings. The zero-order valence-corrected chi connectivity index (χ0v) is 16.0. The summed E-state index contributed by atoms with van der Waals surface area (Å²) < 4.78 is 21.7. The fourth-order valence-corrected chi connectivity index (χ4v) is 4.36. The fraction of sp³-hybridized carbons (Fsp3) is 0.333. The molecule has 1 atom stereocenters. The number of benzene rings is 2. The van der Waals surface area contributed by atoms with Gasteiger partial charge in [-0.15, -0.1) is 0 Å². The first-order valence-corrected chi connectivity index (χ1v) is 9.29. The Morgan fingerprint density at radius 3 is 2.73 bits per heavy atom. The molecule has 3 nitrogen and oxygen atoms in total. The van der Waals surface area contributed by atoms with E-state index in [-0.39, 0.29) is 17.6 Å². The van der Waals surface area contributed by atoms with Gasteiger partial charge in [0.2, 0.25) is 0 Å². The van der Waals surface area contributed by atoms with Gasteiger partial charge in [0.05, 0.1) is 18.7 Å². The van der Waals surface area contributed by atoms with Crippen molar-refractivity contribution < 1.29 is 9.13 Å². The molecule has 4 rings (SSSR count). The molecule has 3 aromatic rings. The van der Waals surface area contributed by atoms with E-state index in [9.17, 15) is 4.39 Å². The van der Waals surface area contributed by atoms with Crippen LogP contribution in [0.5, 0.6) is 5.75 Å². The lowest BCUT2D eigenvalue weighted by atomic mass is 9.96. The SMILES string of the molecule is CCC1c2c(c3cc(Cl)ccc3n2-c2ccc(OC)c(F)c2)CCN1C. The Bertz CT molecular complexity index is 982. The Balaban J connectivity index is 2.05. The van der Waals surface area contributed by atoms with Crippen molar-refractivity contribution in [3.8, 4) is 11.4 Å². The van der Waals surface area contributed by atoms with E-state index in [0.29, 0.717) is 0 Å². The average molecular weight is 373 g/mol. The molecule has 0 fully saturated rings. The molecule has 1 aromatic heterocycles. The maximum atomic E-state index is 14.4. The van der Waals surface area contributed by atoms with E-state index in [0.717, 1.165) is 41.0 Å². The Hall–Kier alpha value is -2.04. The zero-order valence-electron chi connectivity index (χ0n) is 15.2. The van der Waals surface area contributed by atoms with Crippen molar-refractivity contribution in [2.45, 2.75) is 25.8 Å². The summed E-state index contributed by atoms with van der Waals surface area (Å²) in [6, 6.07) is 11.4. The number of methoxy groups -OCH3 is 1. The lowest BCUT2D eigenvalue weighted by Crippen LogP contribution is -2.32. The number of hydrogen-bond acceptors (Lipinski definition) is 2. The van der Waals surface area contributed by atoms with Crippen LogP contribution in [0.3, 0.4) is 0 Å². The fourth-order valence-electron chi connectivity index (χ4n) is 4.19. The Labute approximate surface area is 157 Å². The van der Waals surface area contributed by atoms with Crippen LogP contribution in [-0.2, 0) is 6.42 Å². The number of rotatable bonds is 3. The highest BCUT2D eigenvalue weighted by atomic mass is 35.5. The van der Waals surface area contributed by atoms with Gasteiger partial charge < -0.3 is 9.30 Å². The third kappa shape index (κ3) is 2.60. The van der Waals surface area contributed by atoms with Crippen molar-refractivity contribution in [2.24, 2.45) is 0 Å². The predicted molar refractivity (Wildman–Crippen MR) is 104 cm³/mol. The van der Waals surface area contributed by atoms with Crippen LogP contribution in [0.25, 0.3) is 16.6 Å². The van der Waals surface area contributed by atoms with Gasteiger partial charge in [0.25, 0.3) is 0 Å². The van der Waals surface area contributed by atoms with Crippen molar-refractivity contribution in [3.63, 3.8) is 0 Å². The van der Waals surface area contributed by atoms with Crippen LogP contribution >= 0.6 is 11.6 Å². The molecular formula is C21H22ClFN2O. The minimum atomic E-state index is -0.355. The maximum absolute atomic E-state index is 14.4. The molecule has 0 aliphatic carbocycles. The molecule has 0 saturated heterocycles. The highest BCUT2D eigenvalue weighted by Gasteiger charge is 2.30. The van der Waals surface area contributed by atoms with E-state index < -0.39 is 0 Å². The third-order valence-electron chi connectivity index (χ3n) is 5.42. The summed E-state index contributed by atoms with van der Waals surface area (Å²) in [6.45, 7) is 3.20. The number of fused-ring (bicyclic) bond motifs is 3. The molecule has 1 unspecified atom stereocenters. The second-order valence-corrected chi connectivity index (χ2v) is 7.27. The zero-order chi connectivity index (χ0) is 18.4. The second kappa shape index (κ2) is 6.60. The highest BCUT2D eigenvalue weighted by molar-refractivity contribution is 6.31. The van der Waals surface area contributed by atoms with Crippen molar-refractivity contribution in [1.82, 2.24) is 9.47 Å². The van der Waals surface area contributed by atoms with Gasteiger partial charge in [-0.2, -0.15) is 0 Å². The van der Waals surface area contributed by atoms with Gasteiger partial charge in [-0.25, -0.2) is 4.39 Å². The van der Waals surface area contributed by atoms with Gasteiger partial charge in [-0.3, -0.25) is 4.90 Å². The highest BCUT2D eigenvalue weighted by Crippen LogP contribution is 2.41. The van der Waals surface area contributed by atoms with Crippen LogP contribution in [-0.4, -0.2) is 30.2 Å². The van der Waals surface area contributed by atoms with Crippen molar-refractivity contribution in [2.75, 3.05) is 20.7 Å². The number of halogens is 2. The number of aromatic nitrogens is 1. The van der Waals surface area contributed by atoms with Gasteiger partial charge in [0.15, 0.2) is 11.6 Å². The van der Waals surface area contributed by atoms with E-state index >= 15 is 0 Å². The van der Waals surface area contributed by atoms with E-state index in [2.05, 4.69) is 23.4 Å². The van der Waals surface area contributed by atoms with Crippen LogP contribution < -0.4 is 4.74 Å². The van der Waals surface area contributed by atoms with E-state index in [1.165, 1.54) is 18.4 Å². The molecule has 26 heavy (non-hydrogen) atoms. The maximum Gasteiger partial charge on any atom is 0.167 e. The molecular weight excluding hydrogens is 351 g/mol. The molecule has 0 radical (unpaired) electrons. The first-order valence-electron chi connectivity index (χ1n) is 8.92. The third-order valence-corrected chi connectivity index (χ3v) is 5.65. The first-order chi connectivity index (χ1) is 12.5. The summed E-state index contributed by atoms with van der Waals surface area (Å²) in [4.78, 5) is 2.37. The summed E-state index contributed by atoms with van der Waals surface area (Å²) in [6.07, 6.45) is 1.96. The summed E-state index contributed by atoms with van der Waals surface area (Å²) in [5, 5.41) is 1.89. The minimum absolute atomic E-state index is 0.256. The molecule has 0 amide bonds. The first kappa shape index (κ1) is 17.4. The molecule has 1 aliphatic heterocycles. The van der Waals surface area contributed by atoms with Crippen LogP contribution in [0.2, 0.25) is 5.02 Å². The summed E-state index contributed by atoms with van der Waals surface area (Å²) in [5.41, 5.74) is 4.44. The largest absolute Gasteiger partial charge is 0.494 e. The summed E-state index contributed by atoms with van der Waals surface area (Å²) in [7, 11) is 3.63. The minimum Gasteiger partial charge on any atom is -0.494 e. The Morgan fingerprint density at radius 2 is 2.04 bits per heavy atom. The quantitative estimate of drug-likeness (QED) is 0.614. The van der Waals surface area contributed by atoms with Crippen molar-refractivity contribution >= 4 is 22.5 Å². The number of likely N-dealkylation sites (N-methyl/N-ethyl adjacent to an activating group) is 1. The van der Waals surface area contributed by atoms with Crippen LogP contribution in [0.1, 0.15) is 30.6 Å². The Morgan fingerprint density at radius 1 is 1.23 bits per heavy atom. The molecule has 0 N–H and O–H groups in total. The second-order valence-electron chi connectivity index (χ2n) is 6.83. The summed E-state index contributed by atoms with van der Waals surface area (Å²) in [5.74, 6) is -0.0990. The van der Waals surface area contributed by atoms with Gasteiger partial charge in [-0.05, 0) is 55.8 Å². The van der Waals surface area contributed by atoms with Crippen molar-refractivity contribution in [1.29, 1.82) is 0 Å². The van der Waals surface area contributed by atoms with Crippen molar-refractivity contribution in [3.05, 3.63) is 58.5 Å². The topological polar surface area (TPSA) is 17.4 Å². The van der Waals surface area contributed by atoms with E-state index in [1.807, 2.05) is 24.3 Å². The van der Waals surface area contributed by atoms with Gasteiger partial charge in [-0.1, -0.05) is 18.5 Å². The van der Waals surface area contributed by atoms with Gasteiger partial charge >= 0.3 is 0 Å². The smallest absolute Gasteiger partial charge is 0.167 e. The van der Waals surface area contributed by atoms with Crippen LogP contribution in [0.4, 0.5) is 4.39 Å².